The van der Waals surface area contributed by atoms with Crippen molar-refractivity contribution in [1.82, 2.24) is 9.78 Å². The van der Waals surface area contributed by atoms with Crippen LogP contribution in [0.1, 0.15) is 47.1 Å². The van der Waals surface area contributed by atoms with E-state index in [1.165, 1.54) is 16.8 Å². The summed E-state index contributed by atoms with van der Waals surface area (Å²) in [4.78, 5) is 11.8. The Morgan fingerprint density at radius 1 is 1.15 bits per heavy atom. The predicted octanol–water partition coefficient (Wildman–Crippen LogP) is 4.93. The molecule has 0 aliphatic heterocycles. The second-order valence-electron chi connectivity index (χ2n) is 6.37. The summed E-state index contributed by atoms with van der Waals surface area (Å²) in [6.45, 7) is 3.68. The number of alkyl halides is 3. The lowest BCUT2D eigenvalue weighted by atomic mass is 9.99. The molecule has 0 spiro atoms. The SMILES string of the molecule is CC(C)n1nc2cccc(Cc3ccc(C(F)(F)F)cc3)c2c1C(=O)O. The number of halogens is 3. The molecule has 1 N–H and O–H groups in total. The quantitative estimate of drug-likeness (QED) is 0.716. The van der Waals surface area contributed by atoms with Gasteiger partial charge in [-0.2, -0.15) is 18.3 Å². The highest BCUT2D eigenvalue weighted by atomic mass is 19.4. The van der Waals surface area contributed by atoms with Crippen LogP contribution in [0.4, 0.5) is 13.2 Å². The number of aromatic nitrogens is 2. The Labute approximate surface area is 147 Å². The van der Waals surface area contributed by atoms with Gasteiger partial charge in [0, 0.05) is 11.4 Å². The Kier molecular flexibility index (Phi) is 4.48. The van der Waals surface area contributed by atoms with E-state index in [-0.39, 0.29) is 11.7 Å². The normalized spacial score (nSPS) is 12.1. The summed E-state index contributed by atoms with van der Waals surface area (Å²) in [7, 11) is 0. The van der Waals surface area contributed by atoms with Crippen molar-refractivity contribution >= 4 is 16.9 Å². The fraction of sp³-hybridized carbons (Fsp3) is 0.263. The third-order valence-corrected chi connectivity index (χ3v) is 4.18. The van der Waals surface area contributed by atoms with Crippen molar-refractivity contribution < 1.29 is 23.1 Å². The molecule has 0 radical (unpaired) electrons. The third kappa shape index (κ3) is 3.29. The molecule has 1 aromatic heterocycles. The fourth-order valence-electron chi connectivity index (χ4n) is 2.98. The van der Waals surface area contributed by atoms with Crippen LogP contribution in [0.25, 0.3) is 10.9 Å². The van der Waals surface area contributed by atoms with Crippen LogP contribution in [0.15, 0.2) is 42.5 Å². The Balaban J connectivity index is 2.07. The molecule has 0 aliphatic carbocycles. The van der Waals surface area contributed by atoms with Crippen LogP contribution in [-0.2, 0) is 12.6 Å². The number of hydrogen-bond acceptors (Lipinski definition) is 2. The van der Waals surface area contributed by atoms with Gasteiger partial charge in [0.2, 0.25) is 0 Å². The van der Waals surface area contributed by atoms with Crippen molar-refractivity contribution in [2.24, 2.45) is 0 Å². The maximum absolute atomic E-state index is 12.7. The van der Waals surface area contributed by atoms with E-state index in [0.717, 1.165) is 12.1 Å². The topological polar surface area (TPSA) is 55.1 Å². The molecule has 0 unspecified atom stereocenters. The fourth-order valence-corrected chi connectivity index (χ4v) is 2.98. The molecule has 7 heteroatoms. The Bertz CT molecular complexity index is 957. The van der Waals surface area contributed by atoms with Crippen molar-refractivity contribution in [2.45, 2.75) is 32.5 Å². The maximum Gasteiger partial charge on any atom is 0.416 e. The van der Waals surface area contributed by atoms with E-state index in [1.54, 1.807) is 18.2 Å². The second-order valence-corrected chi connectivity index (χ2v) is 6.37. The number of aromatic carboxylic acids is 1. The molecule has 26 heavy (non-hydrogen) atoms. The second kappa shape index (κ2) is 6.48. The van der Waals surface area contributed by atoms with E-state index in [4.69, 9.17) is 0 Å². The largest absolute Gasteiger partial charge is 0.477 e. The zero-order valence-electron chi connectivity index (χ0n) is 14.2. The highest BCUT2D eigenvalue weighted by Crippen LogP contribution is 2.30. The molecule has 3 aromatic rings. The van der Waals surface area contributed by atoms with Crippen LogP contribution < -0.4 is 0 Å². The van der Waals surface area contributed by atoms with Crippen molar-refractivity contribution in [3.8, 4) is 0 Å². The first-order chi connectivity index (χ1) is 12.2. The van der Waals surface area contributed by atoms with E-state index in [2.05, 4.69) is 5.10 Å². The molecule has 0 atom stereocenters. The maximum atomic E-state index is 12.7. The number of carbonyl (C=O) groups is 1. The standard InChI is InChI=1S/C19H17F3N2O2/c1-11(2)24-17(18(25)26)16-13(4-3-5-15(16)23-24)10-12-6-8-14(9-7-12)19(20,21)22/h3-9,11H,10H2,1-2H3,(H,25,26). The highest BCUT2D eigenvalue weighted by molar-refractivity contribution is 6.03. The van der Waals surface area contributed by atoms with Crippen LogP contribution in [0, 0.1) is 0 Å². The summed E-state index contributed by atoms with van der Waals surface area (Å²) in [6.07, 6.45) is -4.06. The van der Waals surface area contributed by atoms with Gasteiger partial charge < -0.3 is 5.11 Å². The number of carboxylic acid groups (broad SMARTS) is 1. The molecule has 0 saturated heterocycles. The van der Waals surface area contributed by atoms with E-state index in [9.17, 15) is 23.1 Å². The van der Waals surface area contributed by atoms with Crippen LogP contribution in [0.2, 0.25) is 0 Å². The highest BCUT2D eigenvalue weighted by Gasteiger charge is 2.30. The minimum Gasteiger partial charge on any atom is -0.477 e. The van der Waals surface area contributed by atoms with E-state index in [1.807, 2.05) is 13.8 Å². The van der Waals surface area contributed by atoms with Gasteiger partial charge in [0.25, 0.3) is 0 Å². The van der Waals surface area contributed by atoms with Crippen molar-refractivity contribution in [1.29, 1.82) is 0 Å². The first kappa shape index (κ1) is 18.0. The number of fused-ring (bicyclic) bond motifs is 1. The average Bonchev–Trinajstić information content (AvgIpc) is 2.95. The molecule has 3 rings (SSSR count). The van der Waals surface area contributed by atoms with Crippen LogP contribution >= 0.6 is 0 Å². The van der Waals surface area contributed by atoms with Crippen LogP contribution in [-0.4, -0.2) is 20.9 Å². The van der Waals surface area contributed by atoms with Gasteiger partial charge in [-0.25, -0.2) is 4.79 Å². The van der Waals surface area contributed by atoms with Gasteiger partial charge in [0.05, 0.1) is 11.1 Å². The smallest absolute Gasteiger partial charge is 0.416 e. The van der Waals surface area contributed by atoms with Gasteiger partial charge in [0.1, 0.15) is 0 Å². The van der Waals surface area contributed by atoms with E-state index < -0.39 is 17.7 Å². The van der Waals surface area contributed by atoms with Crippen molar-refractivity contribution in [2.75, 3.05) is 0 Å². The molecule has 0 amide bonds. The molecule has 0 fully saturated rings. The van der Waals surface area contributed by atoms with Gasteiger partial charge in [-0.15, -0.1) is 0 Å². The molecule has 0 bridgehead atoms. The summed E-state index contributed by atoms with van der Waals surface area (Å²) in [5.41, 5.74) is 1.32. The summed E-state index contributed by atoms with van der Waals surface area (Å²) in [5.74, 6) is -1.08. The van der Waals surface area contributed by atoms with E-state index >= 15 is 0 Å². The lowest BCUT2D eigenvalue weighted by Gasteiger charge is -2.10. The summed E-state index contributed by atoms with van der Waals surface area (Å²) in [5, 5.41) is 14.5. The zero-order chi connectivity index (χ0) is 19.1. The van der Waals surface area contributed by atoms with Crippen molar-refractivity contribution in [3.63, 3.8) is 0 Å². The average molecular weight is 362 g/mol. The molecular weight excluding hydrogens is 345 g/mol. The monoisotopic (exact) mass is 362 g/mol. The van der Waals surface area contributed by atoms with Gasteiger partial charge in [0.15, 0.2) is 5.69 Å². The van der Waals surface area contributed by atoms with Gasteiger partial charge >= 0.3 is 12.1 Å². The lowest BCUT2D eigenvalue weighted by molar-refractivity contribution is -0.137. The van der Waals surface area contributed by atoms with Crippen LogP contribution in [0.3, 0.4) is 0 Å². The Morgan fingerprint density at radius 2 is 1.81 bits per heavy atom. The molecule has 4 nitrogen and oxygen atoms in total. The first-order valence-electron chi connectivity index (χ1n) is 8.08. The molecule has 0 saturated carbocycles. The minimum atomic E-state index is -4.38. The van der Waals surface area contributed by atoms with Crippen LogP contribution in [0.5, 0.6) is 0 Å². The lowest BCUT2D eigenvalue weighted by Crippen LogP contribution is -2.12. The molecular formula is C19H17F3N2O2. The van der Waals surface area contributed by atoms with Gasteiger partial charge in [-0.3, -0.25) is 4.68 Å². The number of hydrogen-bond donors (Lipinski definition) is 1. The third-order valence-electron chi connectivity index (χ3n) is 4.18. The number of rotatable bonds is 4. The number of nitrogens with zero attached hydrogens (tertiary/aromatic N) is 2. The molecule has 1 heterocycles. The summed E-state index contributed by atoms with van der Waals surface area (Å²) in [6, 6.07) is 10.0. The molecule has 0 aliphatic rings. The molecule has 2 aromatic carbocycles. The summed E-state index contributed by atoms with van der Waals surface area (Å²) < 4.78 is 39.6. The number of carboxylic acids is 1. The minimum absolute atomic E-state index is 0.0949. The Morgan fingerprint density at radius 3 is 2.35 bits per heavy atom. The zero-order valence-corrected chi connectivity index (χ0v) is 14.2. The summed E-state index contributed by atoms with van der Waals surface area (Å²) >= 11 is 0. The van der Waals surface area contributed by atoms with Gasteiger partial charge in [-0.1, -0.05) is 24.3 Å². The Hall–Kier alpha value is -2.83. The first-order valence-corrected chi connectivity index (χ1v) is 8.08. The predicted molar refractivity (Wildman–Crippen MR) is 91.3 cm³/mol. The van der Waals surface area contributed by atoms with Crippen molar-refractivity contribution in [3.05, 3.63) is 64.8 Å². The van der Waals surface area contributed by atoms with E-state index in [0.29, 0.717) is 28.5 Å². The van der Waals surface area contributed by atoms with Gasteiger partial charge in [-0.05, 0) is 49.6 Å². The molecule has 136 valence electrons. The number of benzene rings is 2.